The van der Waals surface area contributed by atoms with Crippen LogP contribution in [0.5, 0.6) is 5.75 Å². The Morgan fingerprint density at radius 1 is 1.43 bits per heavy atom. The number of amides is 1. The van der Waals surface area contributed by atoms with Crippen LogP contribution in [0.1, 0.15) is 23.7 Å². The van der Waals surface area contributed by atoms with E-state index in [4.69, 9.17) is 9.84 Å². The molecule has 5 nitrogen and oxygen atoms in total. The van der Waals surface area contributed by atoms with Gasteiger partial charge in [-0.15, -0.1) is 0 Å². The molecule has 21 heavy (non-hydrogen) atoms. The van der Waals surface area contributed by atoms with E-state index in [0.29, 0.717) is 11.3 Å². The molecular weight excluding hydrogens is 290 g/mol. The number of thioether (sulfide) groups is 1. The van der Waals surface area contributed by atoms with Gasteiger partial charge in [-0.05, 0) is 37.3 Å². The van der Waals surface area contributed by atoms with Crippen molar-refractivity contribution < 1.29 is 19.4 Å². The van der Waals surface area contributed by atoms with Crippen LogP contribution in [0.2, 0.25) is 0 Å². The summed E-state index contributed by atoms with van der Waals surface area (Å²) in [5, 5.41) is 8.62. The van der Waals surface area contributed by atoms with E-state index in [0.717, 1.165) is 24.5 Å². The van der Waals surface area contributed by atoms with Gasteiger partial charge in [0.2, 0.25) is 0 Å². The van der Waals surface area contributed by atoms with Gasteiger partial charge in [-0.2, -0.15) is 11.8 Å². The summed E-state index contributed by atoms with van der Waals surface area (Å²) in [5.41, 5.74) is 0.539. The van der Waals surface area contributed by atoms with E-state index in [1.165, 1.54) is 0 Å². The molecule has 1 aliphatic heterocycles. The lowest BCUT2D eigenvalue weighted by molar-refractivity contribution is -0.139. The monoisotopic (exact) mass is 309 g/mol. The van der Waals surface area contributed by atoms with Crippen LogP contribution in [0, 0.1) is 0 Å². The Morgan fingerprint density at radius 3 is 3.00 bits per heavy atom. The number of aliphatic carboxylic acids is 1. The van der Waals surface area contributed by atoms with Gasteiger partial charge < -0.3 is 14.7 Å². The number of hydrogen-bond donors (Lipinski definition) is 1. The Balaban J connectivity index is 2.10. The van der Waals surface area contributed by atoms with Crippen molar-refractivity contribution in [2.45, 2.75) is 19.4 Å². The average Bonchev–Trinajstić information content (AvgIpc) is 2.69. The number of nitrogens with zero attached hydrogens (tertiary/aromatic N) is 1. The lowest BCUT2D eigenvalue weighted by Gasteiger charge is -2.27. The van der Waals surface area contributed by atoms with E-state index in [1.54, 1.807) is 24.3 Å². The van der Waals surface area contributed by atoms with Crippen LogP contribution < -0.4 is 4.74 Å². The van der Waals surface area contributed by atoms with Crippen molar-refractivity contribution in [1.29, 1.82) is 0 Å². The third kappa shape index (κ3) is 4.39. The maximum atomic E-state index is 12.6. The molecule has 1 N–H and O–H groups in total. The van der Waals surface area contributed by atoms with E-state index in [-0.39, 0.29) is 11.9 Å². The molecule has 1 aliphatic rings. The minimum atomic E-state index is -1.04. The van der Waals surface area contributed by atoms with Crippen LogP contribution in [0.15, 0.2) is 24.3 Å². The summed E-state index contributed by atoms with van der Waals surface area (Å²) in [6.07, 6.45) is 0.992. The van der Waals surface area contributed by atoms with E-state index >= 15 is 0 Å². The first kappa shape index (κ1) is 15.7. The van der Waals surface area contributed by atoms with Crippen LogP contribution in [-0.2, 0) is 4.79 Å². The molecule has 0 aliphatic carbocycles. The lowest BCUT2D eigenvalue weighted by Crippen LogP contribution is -2.39. The first-order valence-electron chi connectivity index (χ1n) is 6.91. The molecule has 0 aromatic heterocycles. The number of carbonyl (C=O) groups is 2. The minimum absolute atomic E-state index is 0.0224. The summed E-state index contributed by atoms with van der Waals surface area (Å²) in [7, 11) is 0. The number of hydrogen-bond acceptors (Lipinski definition) is 4. The fourth-order valence-electron chi connectivity index (χ4n) is 2.23. The third-order valence-electron chi connectivity index (χ3n) is 3.39. The van der Waals surface area contributed by atoms with Crippen molar-refractivity contribution in [1.82, 2.24) is 4.90 Å². The van der Waals surface area contributed by atoms with Crippen molar-refractivity contribution in [2.24, 2.45) is 0 Å². The van der Waals surface area contributed by atoms with Gasteiger partial charge in [0.25, 0.3) is 5.91 Å². The molecule has 1 saturated heterocycles. The maximum Gasteiger partial charge on any atom is 0.341 e. The molecule has 1 heterocycles. The highest BCUT2D eigenvalue weighted by Gasteiger charge is 2.23. The summed E-state index contributed by atoms with van der Waals surface area (Å²) in [5.74, 6) is 1.37. The maximum absolute atomic E-state index is 12.6. The van der Waals surface area contributed by atoms with E-state index in [2.05, 4.69) is 6.92 Å². The largest absolute Gasteiger partial charge is 0.482 e. The van der Waals surface area contributed by atoms with Gasteiger partial charge in [0.15, 0.2) is 6.61 Å². The zero-order valence-corrected chi connectivity index (χ0v) is 12.8. The predicted octanol–water partition coefficient (Wildman–Crippen LogP) is 2.12. The highest BCUT2D eigenvalue weighted by Crippen LogP contribution is 2.20. The van der Waals surface area contributed by atoms with Crippen LogP contribution in [0.3, 0.4) is 0 Å². The number of carboxylic acids is 1. The number of carbonyl (C=O) groups excluding carboxylic acids is 1. The molecule has 1 fully saturated rings. The van der Waals surface area contributed by atoms with Crippen LogP contribution >= 0.6 is 11.8 Å². The SMILES string of the molecule is CC1CCSCCN1C(=O)c1cccc(OCC(=O)O)c1. The molecule has 0 bridgehead atoms. The Kier molecular flexibility index (Phi) is 5.50. The number of rotatable bonds is 4. The van der Waals surface area contributed by atoms with Crippen molar-refractivity contribution in [3.63, 3.8) is 0 Å². The summed E-state index contributed by atoms with van der Waals surface area (Å²) in [6, 6.07) is 6.93. The van der Waals surface area contributed by atoms with E-state index in [1.807, 2.05) is 16.7 Å². The molecule has 1 aromatic rings. The lowest BCUT2D eigenvalue weighted by atomic mass is 10.1. The normalized spacial score (nSPS) is 18.9. The Morgan fingerprint density at radius 2 is 2.24 bits per heavy atom. The van der Waals surface area contributed by atoms with Crippen LogP contribution in [0.4, 0.5) is 0 Å². The molecule has 1 aromatic carbocycles. The quantitative estimate of drug-likeness (QED) is 0.923. The first-order chi connectivity index (χ1) is 10.1. The summed E-state index contributed by atoms with van der Waals surface area (Å²) >= 11 is 1.87. The van der Waals surface area contributed by atoms with Crippen molar-refractivity contribution >= 4 is 23.6 Å². The fourth-order valence-corrected chi connectivity index (χ4v) is 3.26. The average molecular weight is 309 g/mol. The van der Waals surface area contributed by atoms with Crippen LogP contribution in [0.25, 0.3) is 0 Å². The molecule has 1 atom stereocenters. The number of benzene rings is 1. The van der Waals surface area contributed by atoms with Crippen molar-refractivity contribution in [2.75, 3.05) is 24.7 Å². The highest BCUT2D eigenvalue weighted by molar-refractivity contribution is 7.99. The highest BCUT2D eigenvalue weighted by atomic mass is 32.2. The third-order valence-corrected chi connectivity index (χ3v) is 4.39. The zero-order valence-electron chi connectivity index (χ0n) is 11.9. The standard InChI is InChI=1S/C15H19NO4S/c1-11-5-7-21-8-6-16(11)15(19)12-3-2-4-13(9-12)20-10-14(17)18/h2-4,9,11H,5-8,10H2,1H3,(H,17,18). The molecular formula is C15H19NO4S. The predicted molar refractivity (Wildman–Crippen MR) is 82.0 cm³/mol. The van der Waals surface area contributed by atoms with Gasteiger partial charge in [0.05, 0.1) is 0 Å². The van der Waals surface area contributed by atoms with Gasteiger partial charge >= 0.3 is 5.97 Å². The molecule has 0 spiro atoms. The Labute approximate surface area is 128 Å². The summed E-state index contributed by atoms with van der Waals surface area (Å²) in [6.45, 7) is 2.40. The molecule has 114 valence electrons. The fraction of sp³-hybridized carbons (Fsp3) is 0.467. The smallest absolute Gasteiger partial charge is 0.341 e. The van der Waals surface area contributed by atoms with Gasteiger partial charge in [0, 0.05) is 23.9 Å². The number of ether oxygens (including phenoxy) is 1. The van der Waals surface area contributed by atoms with Gasteiger partial charge in [-0.3, -0.25) is 4.79 Å². The summed E-state index contributed by atoms with van der Waals surface area (Å²) < 4.78 is 5.12. The zero-order chi connectivity index (χ0) is 15.2. The van der Waals surface area contributed by atoms with Crippen molar-refractivity contribution in [3.8, 4) is 5.75 Å². The molecule has 2 rings (SSSR count). The molecule has 6 heteroatoms. The second kappa shape index (κ2) is 7.36. The molecule has 1 unspecified atom stereocenters. The van der Waals surface area contributed by atoms with Crippen molar-refractivity contribution in [3.05, 3.63) is 29.8 Å². The minimum Gasteiger partial charge on any atom is -0.482 e. The molecule has 0 saturated carbocycles. The second-order valence-electron chi connectivity index (χ2n) is 4.96. The van der Waals surface area contributed by atoms with Crippen LogP contribution in [-0.4, -0.2) is 52.6 Å². The topological polar surface area (TPSA) is 66.8 Å². The second-order valence-corrected chi connectivity index (χ2v) is 6.18. The first-order valence-corrected chi connectivity index (χ1v) is 8.07. The van der Waals surface area contributed by atoms with E-state index < -0.39 is 12.6 Å². The van der Waals surface area contributed by atoms with E-state index in [9.17, 15) is 9.59 Å². The molecule has 1 amide bonds. The Hall–Kier alpha value is -1.69. The van der Waals surface area contributed by atoms with Gasteiger partial charge in [-0.1, -0.05) is 6.07 Å². The Bertz CT molecular complexity index is 520. The number of carboxylic acid groups (broad SMARTS) is 1. The summed E-state index contributed by atoms with van der Waals surface area (Å²) in [4.78, 5) is 25.0. The van der Waals surface area contributed by atoms with Gasteiger partial charge in [0.1, 0.15) is 5.75 Å². The molecule has 0 radical (unpaired) electrons. The van der Waals surface area contributed by atoms with Gasteiger partial charge in [-0.25, -0.2) is 4.79 Å².